The molecule has 1 aromatic heterocycles. The summed E-state index contributed by atoms with van der Waals surface area (Å²) in [6.07, 6.45) is 4.71. The molecule has 0 N–H and O–H groups in total. The first-order chi connectivity index (χ1) is 13.1. The quantitative estimate of drug-likeness (QED) is 0.399. The Morgan fingerprint density at radius 3 is 2.78 bits per heavy atom. The summed E-state index contributed by atoms with van der Waals surface area (Å²) in [4.78, 5) is 28.6. The maximum Gasteiger partial charge on any atom is 0.345 e. The van der Waals surface area contributed by atoms with E-state index in [9.17, 15) is 9.59 Å². The van der Waals surface area contributed by atoms with E-state index in [4.69, 9.17) is 9.47 Å². The second kappa shape index (κ2) is 6.88. The first kappa shape index (κ1) is 16.7. The topological polar surface area (TPSA) is 65.5 Å². The van der Waals surface area contributed by atoms with Crippen LogP contribution >= 0.6 is 0 Å². The number of allylic oxidation sites excluding steroid dienone is 1. The number of ketones is 1. The van der Waals surface area contributed by atoms with Crippen LogP contribution in [0.1, 0.15) is 31.8 Å². The summed E-state index contributed by atoms with van der Waals surface area (Å²) in [5, 5.41) is 0. The number of carbonyl (C=O) groups excluding carboxylic acids is 2. The van der Waals surface area contributed by atoms with Crippen LogP contribution < -0.4 is 9.47 Å². The van der Waals surface area contributed by atoms with Gasteiger partial charge in [0.25, 0.3) is 0 Å². The van der Waals surface area contributed by atoms with Crippen LogP contribution in [0.25, 0.3) is 6.08 Å². The Kier molecular flexibility index (Phi) is 4.26. The predicted molar refractivity (Wildman–Crippen MR) is 99.8 cm³/mol. The third kappa shape index (κ3) is 3.48. The maximum absolute atomic E-state index is 12.5. The van der Waals surface area contributed by atoms with Gasteiger partial charge in [0.15, 0.2) is 5.76 Å². The molecule has 27 heavy (non-hydrogen) atoms. The number of nitrogens with zero attached hydrogens (tertiary/aromatic N) is 1. The fourth-order valence-corrected chi connectivity index (χ4v) is 2.79. The Hall–Kier alpha value is -3.73. The fourth-order valence-electron chi connectivity index (χ4n) is 2.79. The lowest BCUT2D eigenvalue weighted by Gasteiger charge is -2.05. The number of ether oxygens (including phenoxy) is 2. The Bertz CT molecular complexity index is 1070. The van der Waals surface area contributed by atoms with Crippen LogP contribution in [0.3, 0.4) is 0 Å². The molecule has 2 heterocycles. The molecular weight excluding hydrogens is 342 g/mol. The number of hydrogen-bond donors (Lipinski definition) is 0. The Morgan fingerprint density at radius 2 is 2.00 bits per heavy atom. The van der Waals surface area contributed by atoms with Gasteiger partial charge in [-0.25, -0.2) is 4.79 Å². The van der Waals surface area contributed by atoms with Crippen LogP contribution in [0.2, 0.25) is 0 Å². The molecule has 1 aliphatic heterocycles. The summed E-state index contributed by atoms with van der Waals surface area (Å²) in [6, 6.07) is 15.8. The molecule has 5 nitrogen and oxygen atoms in total. The van der Waals surface area contributed by atoms with Gasteiger partial charge in [-0.2, -0.15) is 0 Å². The molecule has 0 saturated heterocycles. The van der Waals surface area contributed by atoms with E-state index in [1.165, 1.54) is 6.20 Å². The van der Waals surface area contributed by atoms with Crippen molar-refractivity contribution < 1.29 is 19.1 Å². The summed E-state index contributed by atoms with van der Waals surface area (Å²) in [6.45, 7) is 1.98. The van der Waals surface area contributed by atoms with Crippen molar-refractivity contribution in [1.29, 1.82) is 0 Å². The fraction of sp³-hybridized carbons (Fsp3) is 0.0455. The first-order valence-electron chi connectivity index (χ1n) is 8.37. The number of aryl methyl sites for hydroxylation is 1. The minimum Gasteiger partial charge on any atom is -0.452 e. The zero-order valence-corrected chi connectivity index (χ0v) is 14.5. The average molecular weight is 357 g/mol. The van der Waals surface area contributed by atoms with Gasteiger partial charge in [-0.15, -0.1) is 0 Å². The number of rotatable bonds is 3. The van der Waals surface area contributed by atoms with Gasteiger partial charge in [-0.1, -0.05) is 29.8 Å². The van der Waals surface area contributed by atoms with E-state index in [2.05, 4.69) is 4.98 Å². The lowest BCUT2D eigenvalue weighted by molar-refractivity contribution is 0.0734. The van der Waals surface area contributed by atoms with Crippen LogP contribution in [-0.4, -0.2) is 16.7 Å². The lowest BCUT2D eigenvalue weighted by Crippen LogP contribution is -2.08. The van der Waals surface area contributed by atoms with Crippen molar-refractivity contribution in [2.24, 2.45) is 0 Å². The molecule has 0 amide bonds. The number of esters is 1. The molecule has 2 aromatic carbocycles. The minimum absolute atomic E-state index is 0.198. The van der Waals surface area contributed by atoms with E-state index >= 15 is 0 Å². The molecule has 1 aliphatic rings. The summed E-state index contributed by atoms with van der Waals surface area (Å²) in [5.41, 5.74) is 2.76. The van der Waals surface area contributed by atoms with Gasteiger partial charge in [0.05, 0.1) is 11.1 Å². The van der Waals surface area contributed by atoms with Gasteiger partial charge < -0.3 is 9.47 Å². The zero-order valence-electron chi connectivity index (χ0n) is 14.5. The van der Waals surface area contributed by atoms with Crippen LogP contribution in [0, 0.1) is 6.92 Å². The monoisotopic (exact) mass is 357 g/mol. The van der Waals surface area contributed by atoms with Gasteiger partial charge >= 0.3 is 5.97 Å². The number of Topliss-reactive ketones (excluding diaryl/α,β-unsaturated/α-hetero) is 1. The van der Waals surface area contributed by atoms with Crippen molar-refractivity contribution in [3.05, 3.63) is 95.0 Å². The van der Waals surface area contributed by atoms with Gasteiger partial charge in [0.2, 0.25) is 5.78 Å². The lowest BCUT2D eigenvalue weighted by atomic mass is 10.1. The highest BCUT2D eigenvalue weighted by molar-refractivity contribution is 6.14. The molecule has 4 rings (SSSR count). The van der Waals surface area contributed by atoms with Crippen LogP contribution in [0.5, 0.6) is 11.5 Å². The van der Waals surface area contributed by atoms with Crippen LogP contribution in [0.15, 0.2) is 72.8 Å². The molecule has 5 heteroatoms. The van der Waals surface area contributed by atoms with Gasteiger partial charge in [-0.05, 0) is 42.8 Å². The van der Waals surface area contributed by atoms with Crippen molar-refractivity contribution >= 4 is 17.8 Å². The number of hydrogen-bond acceptors (Lipinski definition) is 5. The minimum atomic E-state index is -0.525. The van der Waals surface area contributed by atoms with Crippen molar-refractivity contribution in [2.75, 3.05) is 0 Å². The van der Waals surface area contributed by atoms with Gasteiger partial charge in [0, 0.05) is 18.5 Å². The molecule has 0 bridgehead atoms. The molecule has 132 valence electrons. The Balaban J connectivity index is 1.57. The average Bonchev–Trinajstić information content (AvgIpc) is 2.97. The van der Waals surface area contributed by atoms with E-state index < -0.39 is 5.97 Å². The first-order valence-corrected chi connectivity index (χ1v) is 8.37. The van der Waals surface area contributed by atoms with Gasteiger partial charge in [-0.3, -0.25) is 9.78 Å². The maximum atomic E-state index is 12.5. The van der Waals surface area contributed by atoms with E-state index in [1.54, 1.807) is 42.6 Å². The molecule has 0 aliphatic carbocycles. The molecule has 0 unspecified atom stereocenters. The normalized spacial score (nSPS) is 14.0. The largest absolute Gasteiger partial charge is 0.452 e. The highest BCUT2D eigenvalue weighted by Gasteiger charge is 2.28. The number of pyridine rings is 1. The molecular formula is C22H15NO4. The van der Waals surface area contributed by atoms with E-state index in [-0.39, 0.29) is 11.5 Å². The molecule has 0 atom stereocenters. The summed E-state index contributed by atoms with van der Waals surface area (Å²) in [5.74, 6) is 0.188. The Morgan fingerprint density at radius 1 is 1.11 bits per heavy atom. The molecule has 0 radical (unpaired) electrons. The molecule has 0 saturated carbocycles. The number of benzene rings is 2. The third-order valence-corrected chi connectivity index (χ3v) is 4.09. The molecule has 0 spiro atoms. The standard InChI is InChI=1S/C22H15NO4/c1-14-4-2-5-15(10-14)11-20-21(24)18-8-7-17(12-19(18)27-20)26-22(25)16-6-3-9-23-13-16/h2-13H,1H3/b20-11-. The highest BCUT2D eigenvalue weighted by Crippen LogP contribution is 2.35. The Labute approximate surface area is 155 Å². The van der Waals surface area contributed by atoms with E-state index in [0.717, 1.165) is 11.1 Å². The number of aromatic nitrogens is 1. The van der Waals surface area contributed by atoms with Crippen LogP contribution in [0.4, 0.5) is 0 Å². The number of fused-ring (bicyclic) bond motifs is 1. The highest BCUT2D eigenvalue weighted by atomic mass is 16.5. The molecule has 3 aromatic rings. The summed E-state index contributed by atoms with van der Waals surface area (Å²) >= 11 is 0. The van der Waals surface area contributed by atoms with Crippen molar-refractivity contribution in [3.8, 4) is 11.5 Å². The van der Waals surface area contributed by atoms with E-state index in [1.807, 2.05) is 31.2 Å². The van der Waals surface area contributed by atoms with Gasteiger partial charge in [0.1, 0.15) is 11.5 Å². The smallest absolute Gasteiger partial charge is 0.345 e. The second-order valence-corrected chi connectivity index (χ2v) is 6.14. The third-order valence-electron chi connectivity index (χ3n) is 4.09. The van der Waals surface area contributed by atoms with E-state index in [0.29, 0.717) is 22.6 Å². The predicted octanol–water partition coefficient (Wildman–Crippen LogP) is 4.23. The van der Waals surface area contributed by atoms with Crippen molar-refractivity contribution in [2.45, 2.75) is 6.92 Å². The number of carbonyl (C=O) groups is 2. The SMILES string of the molecule is Cc1cccc(/C=C2\Oc3cc(OC(=O)c4cccnc4)ccc3C2=O)c1. The second-order valence-electron chi connectivity index (χ2n) is 6.14. The van der Waals surface area contributed by atoms with Crippen LogP contribution in [-0.2, 0) is 0 Å². The summed E-state index contributed by atoms with van der Waals surface area (Å²) < 4.78 is 11.0. The summed E-state index contributed by atoms with van der Waals surface area (Å²) in [7, 11) is 0. The van der Waals surface area contributed by atoms with Crippen molar-refractivity contribution in [3.63, 3.8) is 0 Å². The zero-order chi connectivity index (χ0) is 18.8. The molecule has 0 fully saturated rings. The van der Waals surface area contributed by atoms with Crippen molar-refractivity contribution in [1.82, 2.24) is 4.98 Å².